The molecule has 0 radical (unpaired) electrons. The number of piperazine rings is 1. The van der Waals surface area contributed by atoms with Gasteiger partial charge >= 0.3 is 0 Å². The van der Waals surface area contributed by atoms with E-state index in [-0.39, 0.29) is 28.3 Å². The zero-order valence-electron chi connectivity index (χ0n) is 11.1. The van der Waals surface area contributed by atoms with Gasteiger partial charge in [-0.1, -0.05) is 0 Å². The van der Waals surface area contributed by atoms with Crippen LogP contribution in [0, 0.1) is 15.9 Å². The van der Waals surface area contributed by atoms with Crippen LogP contribution in [0.4, 0.5) is 15.8 Å². The van der Waals surface area contributed by atoms with Gasteiger partial charge in [-0.3, -0.25) is 14.9 Å². The van der Waals surface area contributed by atoms with Gasteiger partial charge < -0.3 is 15.5 Å². The van der Waals surface area contributed by atoms with Gasteiger partial charge in [0.25, 0.3) is 5.69 Å². The maximum absolute atomic E-state index is 13.5. The quantitative estimate of drug-likeness (QED) is 0.624. The van der Waals surface area contributed by atoms with Crippen LogP contribution in [-0.4, -0.2) is 48.5 Å². The van der Waals surface area contributed by atoms with Crippen molar-refractivity contribution in [3.05, 3.63) is 32.5 Å². The zero-order chi connectivity index (χ0) is 15.4. The number of hydrogen-bond donors (Lipinski definition) is 2. The fraction of sp³-hybridized carbons (Fsp3) is 0.417. The fourth-order valence-electron chi connectivity index (χ4n) is 2.03. The third kappa shape index (κ3) is 3.88. The number of carbonyl (C=O) groups is 1. The summed E-state index contributed by atoms with van der Waals surface area (Å²) in [5.41, 5.74) is -0.291. The molecule has 0 aliphatic carbocycles. The van der Waals surface area contributed by atoms with E-state index in [1.54, 1.807) is 4.90 Å². The minimum absolute atomic E-state index is 0.00758. The first-order valence-corrected chi connectivity index (χ1v) is 7.14. The number of nitro groups is 1. The molecule has 1 amide bonds. The zero-order valence-corrected chi connectivity index (χ0v) is 12.7. The largest absolute Gasteiger partial charge is 0.370 e. The smallest absolute Gasteiger partial charge is 0.293 e. The Morgan fingerprint density at radius 2 is 2.14 bits per heavy atom. The van der Waals surface area contributed by atoms with Crippen molar-refractivity contribution >= 4 is 33.2 Å². The summed E-state index contributed by atoms with van der Waals surface area (Å²) in [5, 5.41) is 16.7. The molecule has 0 bridgehead atoms. The highest BCUT2D eigenvalue weighted by Gasteiger charge is 2.20. The highest BCUT2D eigenvalue weighted by atomic mass is 79.9. The van der Waals surface area contributed by atoms with E-state index in [2.05, 4.69) is 26.6 Å². The maximum Gasteiger partial charge on any atom is 0.293 e. The lowest BCUT2D eigenvalue weighted by atomic mass is 10.2. The molecule has 2 N–H and O–H groups in total. The summed E-state index contributed by atoms with van der Waals surface area (Å²) in [4.78, 5) is 24.0. The molecule has 1 aromatic rings. The molecule has 9 heteroatoms. The van der Waals surface area contributed by atoms with Crippen molar-refractivity contribution in [2.75, 3.05) is 38.0 Å². The number of amides is 1. The van der Waals surface area contributed by atoms with E-state index in [9.17, 15) is 19.3 Å². The molecule has 1 saturated heterocycles. The molecule has 114 valence electrons. The van der Waals surface area contributed by atoms with E-state index in [1.165, 1.54) is 0 Å². The normalized spacial score (nSPS) is 14.9. The van der Waals surface area contributed by atoms with Gasteiger partial charge in [-0.05, 0) is 15.9 Å². The topological polar surface area (TPSA) is 87.5 Å². The van der Waals surface area contributed by atoms with Gasteiger partial charge in [0.15, 0.2) is 0 Å². The summed E-state index contributed by atoms with van der Waals surface area (Å²) in [5.74, 6) is -0.799. The van der Waals surface area contributed by atoms with Crippen LogP contribution in [0.3, 0.4) is 0 Å². The first-order chi connectivity index (χ1) is 9.99. The number of nitrogens with one attached hydrogen (secondary N) is 2. The Hall–Kier alpha value is -1.74. The minimum atomic E-state index is -0.627. The van der Waals surface area contributed by atoms with Crippen LogP contribution in [0.5, 0.6) is 0 Å². The Morgan fingerprint density at radius 1 is 1.48 bits per heavy atom. The molecule has 2 rings (SSSR count). The third-order valence-electron chi connectivity index (χ3n) is 3.14. The van der Waals surface area contributed by atoms with E-state index in [0.717, 1.165) is 25.2 Å². The Kier molecular flexibility index (Phi) is 5.07. The van der Waals surface area contributed by atoms with Crippen molar-refractivity contribution in [2.45, 2.75) is 0 Å². The molecule has 1 aliphatic rings. The van der Waals surface area contributed by atoms with Crippen LogP contribution in [0.15, 0.2) is 16.6 Å². The van der Waals surface area contributed by atoms with Crippen LogP contribution in [-0.2, 0) is 4.79 Å². The lowest BCUT2D eigenvalue weighted by Crippen LogP contribution is -2.48. The van der Waals surface area contributed by atoms with Gasteiger partial charge in [0.05, 0.1) is 15.9 Å². The Bertz CT molecular complexity index is 564. The summed E-state index contributed by atoms with van der Waals surface area (Å²) in [6, 6.07) is 2.08. The summed E-state index contributed by atoms with van der Waals surface area (Å²) in [7, 11) is 0. The highest BCUT2D eigenvalue weighted by Crippen LogP contribution is 2.30. The lowest BCUT2D eigenvalue weighted by Gasteiger charge is -2.27. The van der Waals surface area contributed by atoms with E-state index >= 15 is 0 Å². The van der Waals surface area contributed by atoms with Crippen LogP contribution in [0.2, 0.25) is 0 Å². The van der Waals surface area contributed by atoms with Gasteiger partial charge in [-0.2, -0.15) is 0 Å². The molecular formula is C12H14BrFN4O3. The molecule has 1 aliphatic heterocycles. The van der Waals surface area contributed by atoms with Crippen molar-refractivity contribution in [3.8, 4) is 0 Å². The number of rotatable bonds is 4. The average Bonchev–Trinajstić information content (AvgIpc) is 2.48. The lowest BCUT2D eigenvalue weighted by molar-refractivity contribution is -0.384. The summed E-state index contributed by atoms with van der Waals surface area (Å²) >= 11 is 2.90. The number of halogens is 2. The van der Waals surface area contributed by atoms with E-state index < -0.39 is 10.7 Å². The molecule has 1 heterocycles. The number of anilines is 1. The number of hydrogen-bond acceptors (Lipinski definition) is 5. The monoisotopic (exact) mass is 360 g/mol. The van der Waals surface area contributed by atoms with Crippen molar-refractivity contribution in [1.29, 1.82) is 0 Å². The Morgan fingerprint density at radius 3 is 2.76 bits per heavy atom. The van der Waals surface area contributed by atoms with Gasteiger partial charge in [0.2, 0.25) is 5.91 Å². The molecule has 0 saturated carbocycles. The van der Waals surface area contributed by atoms with Crippen molar-refractivity contribution < 1.29 is 14.1 Å². The Labute approximate surface area is 128 Å². The van der Waals surface area contributed by atoms with Crippen molar-refractivity contribution in [2.24, 2.45) is 0 Å². The predicted octanol–water partition coefficient (Wildman–Crippen LogP) is 1.34. The first kappa shape index (κ1) is 15.6. The number of nitrogens with zero attached hydrogens (tertiary/aromatic N) is 2. The Balaban J connectivity index is 2.06. The van der Waals surface area contributed by atoms with Gasteiger partial charge in [0, 0.05) is 38.3 Å². The van der Waals surface area contributed by atoms with Crippen molar-refractivity contribution in [3.63, 3.8) is 0 Å². The molecular weight excluding hydrogens is 347 g/mol. The number of benzene rings is 1. The second-order valence-corrected chi connectivity index (χ2v) is 5.38. The minimum Gasteiger partial charge on any atom is -0.370 e. The van der Waals surface area contributed by atoms with E-state index in [4.69, 9.17) is 0 Å². The molecule has 0 aromatic heterocycles. The second-order valence-electron chi connectivity index (χ2n) is 4.52. The SMILES string of the molecule is O=C(CNc1cc(F)c(Br)cc1[N+](=O)[O-])N1CCNCC1. The second kappa shape index (κ2) is 6.81. The van der Waals surface area contributed by atoms with Crippen molar-refractivity contribution in [1.82, 2.24) is 10.2 Å². The fourth-order valence-corrected chi connectivity index (χ4v) is 2.36. The molecule has 0 spiro atoms. The number of carbonyl (C=O) groups excluding carboxylic acids is 1. The molecule has 0 atom stereocenters. The van der Waals surface area contributed by atoms with E-state index in [1.807, 2.05) is 0 Å². The summed E-state index contributed by atoms with van der Waals surface area (Å²) in [6.07, 6.45) is 0. The van der Waals surface area contributed by atoms with Gasteiger partial charge in [0.1, 0.15) is 11.5 Å². The molecule has 21 heavy (non-hydrogen) atoms. The first-order valence-electron chi connectivity index (χ1n) is 6.35. The highest BCUT2D eigenvalue weighted by molar-refractivity contribution is 9.10. The summed E-state index contributed by atoms with van der Waals surface area (Å²) in [6.45, 7) is 2.52. The molecule has 0 unspecified atom stereocenters. The average molecular weight is 361 g/mol. The third-order valence-corrected chi connectivity index (χ3v) is 3.74. The van der Waals surface area contributed by atoms with E-state index in [0.29, 0.717) is 13.1 Å². The van der Waals surface area contributed by atoms with Crippen LogP contribution in [0.25, 0.3) is 0 Å². The molecule has 1 aromatic carbocycles. The maximum atomic E-state index is 13.5. The standard InChI is InChI=1S/C12H14BrFN4O3/c13-8-5-11(18(20)21)10(6-9(8)14)16-7-12(19)17-3-1-15-2-4-17/h5-6,15-16H,1-4,7H2. The number of nitro benzene ring substituents is 1. The molecule has 1 fully saturated rings. The summed E-state index contributed by atoms with van der Waals surface area (Å²) < 4.78 is 13.5. The van der Waals surface area contributed by atoms with Crippen LogP contribution < -0.4 is 10.6 Å². The predicted molar refractivity (Wildman–Crippen MR) is 78.7 cm³/mol. The molecule has 7 nitrogen and oxygen atoms in total. The van der Waals surface area contributed by atoms with Gasteiger partial charge in [-0.25, -0.2) is 4.39 Å². The van der Waals surface area contributed by atoms with Crippen LogP contribution in [0.1, 0.15) is 0 Å². The van der Waals surface area contributed by atoms with Crippen LogP contribution >= 0.6 is 15.9 Å². The van der Waals surface area contributed by atoms with Gasteiger partial charge in [-0.15, -0.1) is 0 Å².